The number of nitrogens with zero attached hydrogens (tertiary/aromatic N) is 4. The lowest BCUT2D eigenvalue weighted by Crippen LogP contribution is -2.60. The van der Waals surface area contributed by atoms with E-state index in [9.17, 15) is 14.4 Å². The molecular weight excluding hydrogens is 697 g/mol. The van der Waals surface area contributed by atoms with Crippen molar-refractivity contribution in [2.75, 3.05) is 39.2 Å². The van der Waals surface area contributed by atoms with Crippen molar-refractivity contribution < 1.29 is 33.3 Å². The van der Waals surface area contributed by atoms with Crippen LogP contribution in [0.5, 0.6) is 0 Å². The zero-order chi connectivity index (χ0) is 37.3. The van der Waals surface area contributed by atoms with Crippen molar-refractivity contribution in [2.45, 2.75) is 96.7 Å². The second kappa shape index (κ2) is 15.8. The molecule has 0 aliphatic carbocycles. The van der Waals surface area contributed by atoms with Crippen molar-refractivity contribution in [3.05, 3.63) is 53.3 Å². The number of carbonyl (C=O) groups excluding carboxylic acids is 3. The van der Waals surface area contributed by atoms with Gasteiger partial charge < -0.3 is 28.8 Å². The van der Waals surface area contributed by atoms with Gasteiger partial charge >= 0.3 is 12.1 Å². The summed E-state index contributed by atoms with van der Waals surface area (Å²) < 4.78 is 25.1. The molecule has 4 aliphatic heterocycles. The molecular formula is C39H50N6O7S. The van der Waals surface area contributed by atoms with E-state index in [4.69, 9.17) is 28.9 Å². The molecule has 5 atom stereocenters. The van der Waals surface area contributed by atoms with Gasteiger partial charge in [0.15, 0.2) is 0 Å². The third-order valence-corrected chi connectivity index (χ3v) is 11.6. The van der Waals surface area contributed by atoms with Crippen LogP contribution in [0.2, 0.25) is 0 Å². The number of amides is 2. The van der Waals surface area contributed by atoms with Crippen molar-refractivity contribution >= 4 is 45.7 Å². The van der Waals surface area contributed by atoms with E-state index in [1.807, 2.05) is 13.0 Å². The van der Waals surface area contributed by atoms with Crippen LogP contribution in [-0.2, 0) is 41.5 Å². The highest BCUT2D eigenvalue weighted by Gasteiger charge is 2.37. The zero-order valence-electron chi connectivity index (χ0n) is 31.2. The number of esters is 1. The van der Waals surface area contributed by atoms with Crippen LogP contribution in [0.3, 0.4) is 0 Å². The van der Waals surface area contributed by atoms with E-state index >= 15 is 0 Å². The Bertz CT molecular complexity index is 1890. The highest BCUT2D eigenvalue weighted by molar-refractivity contribution is 8.14. The van der Waals surface area contributed by atoms with Crippen LogP contribution in [0, 0.1) is 5.41 Å². The van der Waals surface area contributed by atoms with Crippen LogP contribution in [-0.4, -0.2) is 95.0 Å². The van der Waals surface area contributed by atoms with Gasteiger partial charge in [0.1, 0.15) is 18.2 Å². The molecule has 53 heavy (non-hydrogen) atoms. The van der Waals surface area contributed by atoms with E-state index in [0.717, 1.165) is 50.6 Å². The number of aryl methyl sites for hydroxylation is 1. The summed E-state index contributed by atoms with van der Waals surface area (Å²) in [4.78, 5) is 50.6. The Morgan fingerprint density at radius 2 is 2.08 bits per heavy atom. The second-order valence-corrected chi connectivity index (χ2v) is 16.2. The normalized spacial score (nSPS) is 25.5. The molecule has 7 rings (SSSR count). The molecule has 14 heteroatoms. The van der Waals surface area contributed by atoms with E-state index in [1.165, 1.54) is 5.01 Å². The van der Waals surface area contributed by atoms with Gasteiger partial charge in [-0.3, -0.25) is 24.6 Å². The largest absolute Gasteiger partial charge is 0.464 e. The molecule has 2 saturated heterocycles. The fourth-order valence-corrected chi connectivity index (χ4v) is 8.84. The third-order valence-electron chi connectivity index (χ3n) is 10.6. The first kappa shape index (κ1) is 37.3. The lowest BCUT2D eigenvalue weighted by molar-refractivity contribution is -0.155. The third kappa shape index (κ3) is 7.96. The van der Waals surface area contributed by atoms with Gasteiger partial charge in [-0.05, 0) is 68.5 Å². The lowest BCUT2D eigenvalue weighted by Gasteiger charge is -2.35. The first-order valence-electron chi connectivity index (χ1n) is 18.7. The number of carbonyl (C=O) groups is 3. The maximum Gasteiger partial charge on any atom is 0.408 e. The van der Waals surface area contributed by atoms with E-state index in [1.54, 1.807) is 25.1 Å². The number of pyridine rings is 1. The Morgan fingerprint density at radius 1 is 1.23 bits per heavy atom. The number of nitrogens with one attached hydrogen (secondary N) is 2. The minimum atomic E-state index is -0.951. The number of cyclic esters (lactones) is 1. The smallest absolute Gasteiger partial charge is 0.408 e. The number of thioether (sulfide) groups is 1. The second-order valence-electron chi connectivity index (χ2n) is 15.1. The van der Waals surface area contributed by atoms with Crippen LogP contribution in [0.25, 0.3) is 22.2 Å². The van der Waals surface area contributed by atoms with Crippen molar-refractivity contribution in [1.29, 1.82) is 0 Å². The summed E-state index contributed by atoms with van der Waals surface area (Å²) in [5.74, 6) is -0.0621. The quantitative estimate of drug-likeness (QED) is 0.310. The Hall–Kier alpha value is -3.98. The van der Waals surface area contributed by atoms with Gasteiger partial charge in [0.05, 0.1) is 48.4 Å². The molecule has 2 fully saturated rings. The molecule has 0 radical (unpaired) electrons. The number of hydrogen-bond acceptors (Lipinski definition) is 11. The number of hydrogen-bond donors (Lipinski definition) is 2. The van der Waals surface area contributed by atoms with Crippen LogP contribution < -0.4 is 10.7 Å². The molecule has 2 N–H and O–H groups in total. The van der Waals surface area contributed by atoms with E-state index in [2.05, 4.69) is 60.3 Å². The number of ether oxygens (including phenoxy) is 4. The van der Waals surface area contributed by atoms with Gasteiger partial charge in [0.2, 0.25) is 0 Å². The fourth-order valence-electron chi connectivity index (χ4n) is 7.73. The summed E-state index contributed by atoms with van der Waals surface area (Å²) in [5.41, 5.74) is 8.95. The average Bonchev–Trinajstić information content (AvgIpc) is 3.92. The highest BCUT2D eigenvalue weighted by Crippen LogP contribution is 2.42. The summed E-state index contributed by atoms with van der Waals surface area (Å²) >= 11 is 1.60. The average molecular weight is 747 g/mol. The first-order chi connectivity index (χ1) is 25.5. The van der Waals surface area contributed by atoms with E-state index < -0.39 is 29.6 Å². The number of aromatic nitrogens is 2. The summed E-state index contributed by atoms with van der Waals surface area (Å²) in [6, 6.07) is 8.86. The predicted octanol–water partition coefficient (Wildman–Crippen LogP) is 5.51. The summed E-state index contributed by atoms with van der Waals surface area (Å²) in [7, 11) is 1.70. The Balaban J connectivity index is 1.31. The van der Waals surface area contributed by atoms with Gasteiger partial charge in [-0.25, -0.2) is 10.2 Å². The molecule has 6 heterocycles. The zero-order valence-corrected chi connectivity index (χ0v) is 32.0. The van der Waals surface area contributed by atoms with Gasteiger partial charge in [0.25, 0.3) is 5.91 Å². The number of alkyl carbamates (subject to hydrolysis) is 1. The van der Waals surface area contributed by atoms with Crippen molar-refractivity contribution in [3.63, 3.8) is 0 Å². The van der Waals surface area contributed by atoms with Crippen molar-refractivity contribution in [3.8, 4) is 11.3 Å². The topological polar surface area (TPSA) is 146 Å². The summed E-state index contributed by atoms with van der Waals surface area (Å²) in [5, 5.41) is 6.15. The van der Waals surface area contributed by atoms with Gasteiger partial charge in [-0.2, -0.15) is 0 Å². The number of aliphatic imine (C=N–C) groups is 1. The minimum Gasteiger partial charge on any atom is -0.464 e. The van der Waals surface area contributed by atoms with Crippen LogP contribution >= 0.6 is 11.8 Å². The molecule has 1 unspecified atom stereocenters. The van der Waals surface area contributed by atoms with Crippen LogP contribution in [0.15, 0.2) is 41.5 Å². The van der Waals surface area contributed by atoms with E-state index in [-0.39, 0.29) is 37.2 Å². The van der Waals surface area contributed by atoms with E-state index in [0.29, 0.717) is 51.2 Å². The minimum absolute atomic E-state index is 0.133. The number of benzene rings is 1. The molecule has 2 aromatic heterocycles. The SMILES string of the molecule is CCn1c(-c2cccnc2[C@H](C)OC)c2c3cc(ccc31)C1CSC(=N1)C[C@H](NC(=O)O[C@@H]1CCOC1)C(=O)N1CCC[C@H](N1)C(=O)OCC(C)(C)C2. The number of hydrazine groups is 1. The molecule has 0 spiro atoms. The Morgan fingerprint density at radius 3 is 2.85 bits per heavy atom. The maximum atomic E-state index is 14.1. The monoisotopic (exact) mass is 746 g/mol. The predicted molar refractivity (Wildman–Crippen MR) is 202 cm³/mol. The molecule has 6 bridgehead atoms. The maximum absolute atomic E-state index is 14.1. The molecule has 4 aliphatic rings. The number of fused-ring (bicyclic) bond motifs is 5. The summed E-state index contributed by atoms with van der Waals surface area (Å²) in [6.07, 6.45) is 3.10. The van der Waals surface area contributed by atoms with Crippen LogP contribution in [0.4, 0.5) is 4.79 Å². The number of methoxy groups -OCH3 is 1. The molecule has 2 amide bonds. The van der Waals surface area contributed by atoms with Crippen molar-refractivity contribution in [2.24, 2.45) is 10.4 Å². The molecule has 1 aromatic carbocycles. The highest BCUT2D eigenvalue weighted by atomic mass is 32.2. The van der Waals surface area contributed by atoms with Crippen LogP contribution in [0.1, 0.15) is 82.3 Å². The fraction of sp³-hybridized carbons (Fsp3) is 0.564. The molecule has 0 saturated carbocycles. The Kier molecular flexibility index (Phi) is 11.1. The first-order valence-corrected chi connectivity index (χ1v) is 19.7. The molecule has 3 aromatic rings. The molecule has 13 nitrogen and oxygen atoms in total. The van der Waals surface area contributed by atoms with Gasteiger partial charge in [-0.15, -0.1) is 11.8 Å². The van der Waals surface area contributed by atoms with Gasteiger partial charge in [-0.1, -0.05) is 19.9 Å². The van der Waals surface area contributed by atoms with Crippen molar-refractivity contribution in [1.82, 2.24) is 25.3 Å². The number of rotatable bonds is 6. The lowest BCUT2D eigenvalue weighted by atomic mass is 9.84. The molecule has 284 valence electrons. The standard InChI is InChI=1S/C39H50N6O7S/c1-6-44-32-12-11-24-17-27(32)28(35(44)26-9-7-14-40-34(26)23(2)49-5)19-39(3,4)22-51-37(47)29-10-8-15-45(43-29)36(46)30(18-33-41-31(24)21-53-33)42-38(48)52-25-13-16-50-20-25/h7,9,11-12,14,17,23,25,29-31,43H,6,8,10,13,15-16,18-22H2,1-5H3,(H,42,48)/t23-,25+,29-,30-,31?/m0/s1. The summed E-state index contributed by atoms with van der Waals surface area (Å²) in [6.45, 7) is 10.5. The Labute approximate surface area is 314 Å². The van der Waals surface area contributed by atoms with Gasteiger partial charge in [0, 0.05) is 66.9 Å².